The summed E-state index contributed by atoms with van der Waals surface area (Å²) in [5.41, 5.74) is 8.90. The zero-order valence-electron chi connectivity index (χ0n) is 20.6. The van der Waals surface area contributed by atoms with Crippen LogP contribution in [0.1, 0.15) is 27.0 Å². The monoisotopic (exact) mass is 589 g/mol. The SMILES string of the molecule is Nc1sc(-c2ccccc2)c(CN2CCN(c3ccc(Cl)c(C(F)(F)F)c3)CC2)c1C(=O)c1ccc(Cl)cc1. The van der Waals surface area contributed by atoms with Crippen molar-refractivity contribution in [2.75, 3.05) is 36.8 Å². The number of ketones is 1. The van der Waals surface area contributed by atoms with Crippen LogP contribution in [0.5, 0.6) is 0 Å². The minimum Gasteiger partial charge on any atom is -0.390 e. The summed E-state index contributed by atoms with van der Waals surface area (Å²) in [5.74, 6) is -0.169. The Morgan fingerprint density at radius 3 is 2.23 bits per heavy atom. The number of nitrogens with zero attached hydrogens (tertiary/aromatic N) is 2. The Hall–Kier alpha value is -3.04. The minimum atomic E-state index is -4.52. The lowest BCUT2D eigenvalue weighted by Crippen LogP contribution is -2.46. The average molecular weight is 590 g/mol. The van der Waals surface area contributed by atoms with Crippen LogP contribution in [0, 0.1) is 0 Å². The molecule has 0 radical (unpaired) electrons. The van der Waals surface area contributed by atoms with Gasteiger partial charge in [-0.05, 0) is 53.6 Å². The van der Waals surface area contributed by atoms with Crippen molar-refractivity contribution in [3.05, 3.63) is 105 Å². The molecule has 1 aromatic heterocycles. The third-order valence-electron chi connectivity index (χ3n) is 6.78. The molecular formula is C29H24Cl2F3N3OS. The number of piperazine rings is 1. The number of anilines is 2. The fraction of sp³-hybridized carbons (Fsp3) is 0.207. The number of carbonyl (C=O) groups excluding carboxylic acids is 1. The first kappa shape index (κ1) is 27.5. The minimum absolute atomic E-state index is 0.169. The molecule has 0 aliphatic carbocycles. The maximum Gasteiger partial charge on any atom is 0.417 e. The van der Waals surface area contributed by atoms with Crippen molar-refractivity contribution in [2.45, 2.75) is 12.7 Å². The van der Waals surface area contributed by atoms with Gasteiger partial charge >= 0.3 is 6.18 Å². The number of nitrogens with two attached hydrogens (primary N) is 1. The fourth-order valence-corrected chi connectivity index (χ4v) is 6.20. The van der Waals surface area contributed by atoms with E-state index in [1.54, 1.807) is 30.3 Å². The predicted octanol–water partition coefficient (Wildman–Crippen LogP) is 7.88. The lowest BCUT2D eigenvalue weighted by atomic mass is 9.97. The molecule has 1 fully saturated rings. The number of hydrogen-bond acceptors (Lipinski definition) is 5. The largest absolute Gasteiger partial charge is 0.417 e. The highest BCUT2D eigenvalue weighted by Gasteiger charge is 2.34. The first-order valence-corrected chi connectivity index (χ1v) is 13.8. The van der Waals surface area contributed by atoms with Crippen molar-refractivity contribution >= 4 is 51.0 Å². The molecule has 0 saturated carbocycles. The summed E-state index contributed by atoms with van der Waals surface area (Å²) >= 11 is 13.2. The number of alkyl halides is 3. The molecule has 4 nitrogen and oxygen atoms in total. The Morgan fingerprint density at radius 1 is 0.923 bits per heavy atom. The molecule has 202 valence electrons. The molecule has 5 rings (SSSR count). The summed E-state index contributed by atoms with van der Waals surface area (Å²) in [4.78, 5) is 18.7. The topological polar surface area (TPSA) is 49.6 Å². The Kier molecular flexibility index (Phi) is 7.91. The van der Waals surface area contributed by atoms with Gasteiger partial charge in [-0.15, -0.1) is 11.3 Å². The van der Waals surface area contributed by atoms with Gasteiger partial charge in [-0.3, -0.25) is 9.69 Å². The molecule has 0 spiro atoms. The first-order chi connectivity index (χ1) is 18.6. The lowest BCUT2D eigenvalue weighted by Gasteiger charge is -2.36. The highest BCUT2D eigenvalue weighted by molar-refractivity contribution is 7.20. The summed E-state index contributed by atoms with van der Waals surface area (Å²) in [6.45, 7) is 2.74. The third-order valence-corrected chi connectivity index (χ3v) is 8.47. The molecule has 1 aliphatic heterocycles. The van der Waals surface area contributed by atoms with Crippen LogP contribution >= 0.6 is 34.5 Å². The van der Waals surface area contributed by atoms with E-state index in [0.29, 0.717) is 59.6 Å². The van der Waals surface area contributed by atoms with E-state index in [2.05, 4.69) is 4.90 Å². The van der Waals surface area contributed by atoms with Gasteiger partial charge in [0.2, 0.25) is 0 Å². The maximum absolute atomic E-state index is 13.6. The number of halogens is 5. The second-order valence-electron chi connectivity index (χ2n) is 9.28. The number of carbonyl (C=O) groups is 1. The van der Waals surface area contributed by atoms with Crippen LogP contribution in [0.15, 0.2) is 72.8 Å². The van der Waals surface area contributed by atoms with Gasteiger partial charge in [0.15, 0.2) is 5.78 Å². The molecule has 0 atom stereocenters. The van der Waals surface area contributed by atoms with Crippen LogP contribution in [0.4, 0.5) is 23.9 Å². The van der Waals surface area contributed by atoms with Gasteiger partial charge in [0.05, 0.1) is 21.2 Å². The van der Waals surface area contributed by atoms with Crippen LogP contribution < -0.4 is 10.6 Å². The Balaban J connectivity index is 1.41. The number of hydrogen-bond donors (Lipinski definition) is 1. The standard InChI is InChI=1S/C29H24Cl2F3N3OS/c30-20-8-6-18(7-9-20)26(38)25-22(27(39-28(25)35)19-4-2-1-3-5-19)17-36-12-14-37(15-13-36)21-10-11-24(31)23(16-21)29(32,33)34/h1-11,16H,12-15,17,35H2. The number of thiophene rings is 1. The van der Waals surface area contributed by atoms with E-state index in [0.717, 1.165) is 22.1 Å². The molecule has 10 heteroatoms. The molecule has 0 bridgehead atoms. The van der Waals surface area contributed by atoms with Crippen LogP contribution in [0.25, 0.3) is 10.4 Å². The Morgan fingerprint density at radius 2 is 1.59 bits per heavy atom. The van der Waals surface area contributed by atoms with Crippen LogP contribution in [0.3, 0.4) is 0 Å². The number of benzene rings is 3. The molecule has 2 N–H and O–H groups in total. The Labute approximate surface area is 238 Å². The van der Waals surface area contributed by atoms with Crippen molar-refractivity contribution in [3.63, 3.8) is 0 Å². The van der Waals surface area contributed by atoms with Crippen molar-refractivity contribution < 1.29 is 18.0 Å². The van der Waals surface area contributed by atoms with E-state index in [1.165, 1.54) is 17.4 Å². The van der Waals surface area contributed by atoms with Gasteiger partial charge in [0.1, 0.15) is 0 Å². The summed E-state index contributed by atoms with van der Waals surface area (Å²) in [5, 5.41) is 0.672. The molecule has 1 aliphatic rings. The van der Waals surface area contributed by atoms with E-state index < -0.39 is 11.7 Å². The van der Waals surface area contributed by atoms with Crippen molar-refractivity contribution in [3.8, 4) is 10.4 Å². The average Bonchev–Trinajstić information content (AvgIpc) is 3.24. The van der Waals surface area contributed by atoms with E-state index in [4.69, 9.17) is 28.9 Å². The van der Waals surface area contributed by atoms with Crippen LogP contribution in [-0.4, -0.2) is 36.9 Å². The van der Waals surface area contributed by atoms with E-state index >= 15 is 0 Å². The molecule has 0 unspecified atom stereocenters. The van der Waals surface area contributed by atoms with Crippen molar-refractivity contribution in [1.29, 1.82) is 0 Å². The van der Waals surface area contributed by atoms with Crippen molar-refractivity contribution in [2.24, 2.45) is 0 Å². The van der Waals surface area contributed by atoms with E-state index in [-0.39, 0.29) is 10.8 Å². The zero-order valence-corrected chi connectivity index (χ0v) is 23.0. The zero-order chi connectivity index (χ0) is 27.7. The van der Waals surface area contributed by atoms with Gasteiger partial charge < -0.3 is 10.6 Å². The third kappa shape index (κ3) is 5.94. The van der Waals surface area contributed by atoms with Gasteiger partial charge in [0, 0.05) is 53.9 Å². The number of nitrogen functional groups attached to an aromatic ring is 1. The second-order valence-corrected chi connectivity index (χ2v) is 11.2. The van der Waals surface area contributed by atoms with Gasteiger partial charge in [-0.25, -0.2) is 0 Å². The summed E-state index contributed by atoms with van der Waals surface area (Å²) in [6, 6.07) is 20.5. The molecule has 39 heavy (non-hydrogen) atoms. The van der Waals surface area contributed by atoms with Crippen LogP contribution in [0.2, 0.25) is 10.0 Å². The highest BCUT2D eigenvalue weighted by Crippen LogP contribution is 2.41. The lowest BCUT2D eigenvalue weighted by molar-refractivity contribution is -0.137. The second kappa shape index (κ2) is 11.2. The Bertz CT molecular complexity index is 1480. The van der Waals surface area contributed by atoms with E-state index in [1.807, 2.05) is 35.2 Å². The maximum atomic E-state index is 13.6. The quantitative estimate of drug-likeness (QED) is 0.232. The normalized spacial score (nSPS) is 14.5. The fourth-order valence-electron chi connectivity index (χ4n) is 4.77. The molecule has 1 saturated heterocycles. The highest BCUT2D eigenvalue weighted by atomic mass is 35.5. The molecular weight excluding hydrogens is 566 g/mol. The number of rotatable bonds is 6. The predicted molar refractivity (Wildman–Crippen MR) is 153 cm³/mol. The van der Waals surface area contributed by atoms with E-state index in [9.17, 15) is 18.0 Å². The van der Waals surface area contributed by atoms with Gasteiger partial charge in [-0.2, -0.15) is 13.2 Å². The first-order valence-electron chi connectivity index (χ1n) is 12.2. The van der Waals surface area contributed by atoms with Crippen molar-refractivity contribution in [1.82, 2.24) is 4.90 Å². The smallest absolute Gasteiger partial charge is 0.390 e. The summed E-state index contributed by atoms with van der Waals surface area (Å²) in [7, 11) is 0. The van der Waals surface area contributed by atoms with Gasteiger partial charge in [0.25, 0.3) is 0 Å². The van der Waals surface area contributed by atoms with Crippen LogP contribution in [-0.2, 0) is 12.7 Å². The molecule has 4 aromatic rings. The molecule has 3 aromatic carbocycles. The molecule has 0 amide bonds. The van der Waals surface area contributed by atoms with Gasteiger partial charge in [-0.1, -0.05) is 53.5 Å². The molecule has 2 heterocycles. The summed E-state index contributed by atoms with van der Waals surface area (Å²) < 4.78 is 40.1. The summed E-state index contributed by atoms with van der Waals surface area (Å²) in [6.07, 6.45) is -4.52.